The molecule has 0 aliphatic carbocycles. The SMILES string of the molecule is CC(=O)SCCCc1ccc(NC(P(=O)(O)O)P(=O)(O)O)nc1. The van der Waals surface area contributed by atoms with Crippen LogP contribution < -0.4 is 5.32 Å². The molecule has 0 aliphatic heterocycles. The zero-order valence-electron chi connectivity index (χ0n) is 12.2. The quantitative estimate of drug-likeness (QED) is 0.327. The summed E-state index contributed by atoms with van der Waals surface area (Å²) in [6, 6.07) is 3.01. The molecule has 0 radical (unpaired) electrons. The summed E-state index contributed by atoms with van der Waals surface area (Å²) in [5.74, 6) is 0.622. The van der Waals surface area contributed by atoms with E-state index in [2.05, 4.69) is 10.3 Å². The van der Waals surface area contributed by atoms with Crippen LogP contribution in [0, 0.1) is 0 Å². The maximum absolute atomic E-state index is 11.2. The number of pyridine rings is 1. The summed E-state index contributed by atoms with van der Waals surface area (Å²) < 4.78 is 22.3. The molecule has 0 aromatic carbocycles. The summed E-state index contributed by atoms with van der Waals surface area (Å²) in [5.41, 5.74) is -1.50. The van der Waals surface area contributed by atoms with E-state index < -0.39 is 20.7 Å². The number of anilines is 1. The Bertz CT molecular complexity index is 606. The number of carbonyl (C=O) groups is 1. The minimum atomic E-state index is -5.05. The molecule has 1 rings (SSSR count). The van der Waals surface area contributed by atoms with Gasteiger partial charge >= 0.3 is 15.2 Å². The minimum Gasteiger partial charge on any atom is -0.346 e. The molecule has 130 valence electrons. The number of aromatic nitrogens is 1. The Balaban J connectivity index is 2.67. The van der Waals surface area contributed by atoms with E-state index in [0.29, 0.717) is 12.2 Å². The van der Waals surface area contributed by atoms with Gasteiger partial charge < -0.3 is 24.9 Å². The Morgan fingerprint density at radius 1 is 1.26 bits per heavy atom. The van der Waals surface area contributed by atoms with Crippen molar-refractivity contribution in [2.24, 2.45) is 0 Å². The van der Waals surface area contributed by atoms with Gasteiger partial charge in [-0.15, -0.1) is 0 Å². The maximum Gasteiger partial charge on any atom is 0.360 e. The van der Waals surface area contributed by atoms with E-state index in [1.165, 1.54) is 30.9 Å². The minimum absolute atomic E-state index is 0.0450. The molecule has 0 saturated heterocycles. The van der Waals surface area contributed by atoms with E-state index in [0.717, 1.165) is 12.0 Å². The number of hydrogen-bond acceptors (Lipinski definition) is 6. The van der Waals surface area contributed by atoms with E-state index in [9.17, 15) is 13.9 Å². The van der Waals surface area contributed by atoms with Crippen LogP contribution in [-0.4, -0.2) is 40.9 Å². The number of hydrogen-bond donors (Lipinski definition) is 5. The normalized spacial score (nSPS) is 12.4. The predicted molar refractivity (Wildman–Crippen MR) is 87.2 cm³/mol. The highest BCUT2D eigenvalue weighted by Crippen LogP contribution is 2.59. The van der Waals surface area contributed by atoms with Crippen LogP contribution in [0.2, 0.25) is 0 Å². The monoisotopic (exact) mass is 384 g/mol. The molecular weight excluding hydrogens is 366 g/mol. The summed E-state index contributed by atoms with van der Waals surface area (Å²) >= 11 is 1.22. The second-order valence-electron chi connectivity index (χ2n) is 4.69. The van der Waals surface area contributed by atoms with Gasteiger partial charge in [0.05, 0.1) is 0 Å². The Morgan fingerprint density at radius 2 is 1.87 bits per heavy atom. The highest BCUT2D eigenvalue weighted by atomic mass is 32.2. The highest BCUT2D eigenvalue weighted by Gasteiger charge is 2.43. The summed E-state index contributed by atoms with van der Waals surface area (Å²) in [6.45, 7) is 1.49. The van der Waals surface area contributed by atoms with Gasteiger partial charge in [0.2, 0.25) is 5.52 Å². The molecule has 23 heavy (non-hydrogen) atoms. The molecule has 1 aromatic heterocycles. The lowest BCUT2D eigenvalue weighted by Gasteiger charge is -2.21. The first-order valence-electron chi connectivity index (χ1n) is 6.45. The van der Waals surface area contributed by atoms with E-state index in [1.807, 2.05) is 0 Å². The Labute approximate surface area is 137 Å². The first kappa shape index (κ1) is 20.3. The lowest BCUT2D eigenvalue weighted by atomic mass is 10.2. The summed E-state index contributed by atoms with van der Waals surface area (Å²) in [6.07, 6.45) is 2.86. The van der Waals surface area contributed by atoms with Crippen molar-refractivity contribution in [1.29, 1.82) is 0 Å². The van der Waals surface area contributed by atoms with E-state index >= 15 is 0 Å². The zero-order valence-corrected chi connectivity index (χ0v) is 14.8. The van der Waals surface area contributed by atoms with Gasteiger partial charge in [-0.25, -0.2) is 4.98 Å². The molecule has 1 heterocycles. The van der Waals surface area contributed by atoms with Crippen molar-refractivity contribution < 1.29 is 33.5 Å². The van der Waals surface area contributed by atoms with Gasteiger partial charge in [0, 0.05) is 18.9 Å². The first-order valence-corrected chi connectivity index (χ1v) is 10.8. The van der Waals surface area contributed by atoms with Crippen molar-refractivity contribution in [3.8, 4) is 0 Å². The molecule has 0 bridgehead atoms. The molecule has 0 amide bonds. The number of nitrogens with one attached hydrogen (secondary N) is 1. The fraction of sp³-hybridized carbons (Fsp3) is 0.455. The molecule has 12 heteroatoms. The molecule has 0 spiro atoms. The third-order valence-electron chi connectivity index (χ3n) is 2.65. The van der Waals surface area contributed by atoms with Gasteiger partial charge in [-0.05, 0) is 24.5 Å². The summed E-state index contributed by atoms with van der Waals surface area (Å²) in [7, 11) is -10.1. The standard InChI is InChI=1S/C11H18N2O7P2S/c1-8(14)23-6-2-3-9-4-5-10(12-7-9)13-11(21(15,16)17)22(18,19)20/h4-5,7,11H,2-3,6H2,1H3,(H,12,13)(H2,15,16,17)(H2,18,19,20). The highest BCUT2D eigenvalue weighted by molar-refractivity contribution is 8.13. The van der Waals surface area contributed by atoms with Crippen molar-refractivity contribution in [3.63, 3.8) is 0 Å². The molecule has 1 aromatic rings. The Hall–Kier alpha value is -0.730. The molecule has 0 atom stereocenters. The van der Waals surface area contributed by atoms with Crippen LogP contribution in [0.5, 0.6) is 0 Å². The van der Waals surface area contributed by atoms with Crippen LogP contribution in [-0.2, 0) is 20.3 Å². The number of aryl methyl sites for hydroxylation is 1. The van der Waals surface area contributed by atoms with Gasteiger partial charge in [-0.1, -0.05) is 17.8 Å². The second kappa shape index (κ2) is 8.39. The van der Waals surface area contributed by atoms with E-state index in [4.69, 9.17) is 19.6 Å². The predicted octanol–water partition coefficient (Wildman–Crippen LogP) is 1.34. The van der Waals surface area contributed by atoms with Crippen molar-refractivity contribution in [3.05, 3.63) is 23.9 Å². The third kappa shape index (κ3) is 7.58. The Kier molecular flexibility index (Phi) is 7.41. The van der Waals surface area contributed by atoms with Crippen molar-refractivity contribution >= 4 is 37.9 Å². The number of carbonyl (C=O) groups excluding carboxylic acids is 1. The molecule has 0 fully saturated rings. The first-order chi connectivity index (χ1) is 10.5. The van der Waals surface area contributed by atoms with Gasteiger partial charge in [0.15, 0.2) is 5.12 Å². The summed E-state index contributed by atoms with van der Waals surface area (Å²) in [4.78, 5) is 50.7. The third-order valence-corrected chi connectivity index (χ3v) is 6.89. The van der Waals surface area contributed by atoms with Crippen LogP contribution in [0.1, 0.15) is 18.9 Å². The zero-order chi connectivity index (χ0) is 17.7. The average molecular weight is 384 g/mol. The largest absolute Gasteiger partial charge is 0.360 e. The van der Waals surface area contributed by atoms with Crippen LogP contribution in [0.4, 0.5) is 5.82 Å². The molecule has 0 unspecified atom stereocenters. The van der Waals surface area contributed by atoms with E-state index in [1.54, 1.807) is 6.07 Å². The van der Waals surface area contributed by atoms with Crippen molar-refractivity contribution in [2.45, 2.75) is 25.3 Å². The van der Waals surface area contributed by atoms with Crippen LogP contribution >= 0.6 is 27.0 Å². The van der Waals surface area contributed by atoms with Crippen molar-refractivity contribution in [2.75, 3.05) is 11.1 Å². The van der Waals surface area contributed by atoms with Gasteiger partial charge in [0.1, 0.15) is 5.82 Å². The molecule has 9 nitrogen and oxygen atoms in total. The number of nitrogens with zero attached hydrogens (tertiary/aromatic N) is 1. The molecular formula is C11H18N2O7P2S. The lowest BCUT2D eigenvalue weighted by molar-refractivity contribution is -0.109. The number of thioether (sulfide) groups is 1. The topological polar surface area (TPSA) is 157 Å². The Morgan fingerprint density at radius 3 is 2.30 bits per heavy atom. The van der Waals surface area contributed by atoms with E-state index in [-0.39, 0.29) is 10.9 Å². The average Bonchev–Trinajstić information content (AvgIpc) is 2.39. The fourth-order valence-electron chi connectivity index (χ4n) is 1.65. The molecule has 5 N–H and O–H groups in total. The summed E-state index contributed by atoms with van der Waals surface area (Å²) in [5, 5.41) is 2.13. The molecule has 0 saturated carbocycles. The van der Waals surface area contributed by atoms with Crippen LogP contribution in [0.25, 0.3) is 0 Å². The smallest absolute Gasteiger partial charge is 0.346 e. The number of rotatable bonds is 8. The second-order valence-corrected chi connectivity index (χ2v) is 9.76. The lowest BCUT2D eigenvalue weighted by Crippen LogP contribution is -2.20. The maximum atomic E-state index is 11.2. The van der Waals surface area contributed by atoms with Gasteiger partial charge in [-0.3, -0.25) is 13.9 Å². The van der Waals surface area contributed by atoms with Crippen LogP contribution in [0.15, 0.2) is 18.3 Å². The van der Waals surface area contributed by atoms with Gasteiger partial charge in [0.25, 0.3) is 0 Å². The van der Waals surface area contributed by atoms with Crippen molar-refractivity contribution in [1.82, 2.24) is 4.98 Å². The fourth-order valence-corrected chi connectivity index (χ4v) is 4.39. The molecule has 0 aliphatic rings. The van der Waals surface area contributed by atoms with Gasteiger partial charge in [-0.2, -0.15) is 0 Å². The van der Waals surface area contributed by atoms with Crippen LogP contribution in [0.3, 0.4) is 0 Å².